The third-order valence-electron chi connectivity index (χ3n) is 7.42. The van der Waals surface area contributed by atoms with E-state index in [1.54, 1.807) is 10.8 Å². The van der Waals surface area contributed by atoms with E-state index in [0.29, 0.717) is 30.8 Å². The maximum atomic E-state index is 13.9. The third-order valence-corrected chi connectivity index (χ3v) is 7.42. The second-order valence-corrected chi connectivity index (χ2v) is 9.89. The number of fused-ring (bicyclic) bond motifs is 1. The van der Waals surface area contributed by atoms with E-state index in [0.717, 1.165) is 22.4 Å². The normalized spacial score (nSPS) is 18.9. The van der Waals surface area contributed by atoms with Crippen molar-refractivity contribution in [3.8, 4) is 5.69 Å². The number of carbonyl (C=O) groups is 1. The first-order chi connectivity index (χ1) is 19.4. The van der Waals surface area contributed by atoms with Crippen molar-refractivity contribution in [2.75, 3.05) is 13.2 Å². The highest BCUT2D eigenvalue weighted by molar-refractivity contribution is 5.91. The predicted molar refractivity (Wildman–Crippen MR) is 151 cm³/mol. The van der Waals surface area contributed by atoms with Crippen LogP contribution in [0, 0.1) is 12.8 Å². The SMILES string of the molecule is CCOC1OC(C(=O)NCc2nc3ccccc3[nH]2)=CC(c2c(C)n(C)n(-c3ccccc3)c2=O)C1CCCO. The van der Waals surface area contributed by atoms with E-state index < -0.39 is 18.1 Å². The summed E-state index contributed by atoms with van der Waals surface area (Å²) in [4.78, 5) is 35.0. The lowest BCUT2D eigenvalue weighted by molar-refractivity contribution is -0.166. The molecule has 40 heavy (non-hydrogen) atoms. The first-order valence-electron chi connectivity index (χ1n) is 13.6. The van der Waals surface area contributed by atoms with Crippen molar-refractivity contribution in [3.05, 3.63) is 93.9 Å². The van der Waals surface area contributed by atoms with Gasteiger partial charge in [0.15, 0.2) is 5.76 Å². The van der Waals surface area contributed by atoms with Gasteiger partial charge < -0.3 is 24.9 Å². The highest BCUT2D eigenvalue weighted by Crippen LogP contribution is 2.39. The largest absolute Gasteiger partial charge is 0.459 e. The molecule has 3 heterocycles. The van der Waals surface area contributed by atoms with Crippen LogP contribution in [-0.2, 0) is 27.9 Å². The van der Waals surface area contributed by atoms with Crippen LogP contribution >= 0.6 is 0 Å². The second-order valence-electron chi connectivity index (χ2n) is 9.89. The fourth-order valence-electron chi connectivity index (χ4n) is 5.41. The van der Waals surface area contributed by atoms with Gasteiger partial charge in [0.05, 0.1) is 23.3 Å². The average molecular weight is 546 g/mol. The molecule has 5 rings (SSSR count). The minimum atomic E-state index is -0.761. The number of nitrogens with zero attached hydrogens (tertiary/aromatic N) is 3. The first kappa shape index (κ1) is 27.4. The molecule has 2 aromatic carbocycles. The second kappa shape index (κ2) is 11.9. The fraction of sp³-hybridized carbons (Fsp3) is 0.367. The van der Waals surface area contributed by atoms with Gasteiger partial charge in [0.2, 0.25) is 6.29 Å². The van der Waals surface area contributed by atoms with E-state index in [4.69, 9.17) is 9.47 Å². The molecule has 10 heteroatoms. The molecule has 4 aromatic rings. The Kier molecular flexibility index (Phi) is 8.18. The number of hydrogen-bond donors (Lipinski definition) is 3. The van der Waals surface area contributed by atoms with E-state index in [2.05, 4.69) is 15.3 Å². The standard InChI is InChI=1S/C30H35N5O5/c1-4-39-30-21(13-10-16-36)22(27-19(2)34(3)35(29(27)38)20-11-6-5-7-12-20)17-25(40-30)28(37)31-18-26-32-23-14-8-9-15-24(23)33-26/h5-9,11-12,14-15,17,21-22,30,36H,4,10,13,16,18H2,1-3H3,(H,31,37)(H,32,33). The summed E-state index contributed by atoms with van der Waals surface area (Å²) in [6.45, 7) is 4.30. The quantitative estimate of drug-likeness (QED) is 0.281. The smallest absolute Gasteiger partial charge is 0.286 e. The number of aliphatic hydroxyl groups excluding tert-OH is 1. The minimum absolute atomic E-state index is 0.00135. The Morgan fingerprint density at radius 2 is 1.93 bits per heavy atom. The number of allylic oxidation sites excluding steroid dienone is 1. The molecule has 0 spiro atoms. The Bertz CT molecular complexity index is 1540. The summed E-state index contributed by atoms with van der Waals surface area (Å²) >= 11 is 0. The molecule has 0 saturated carbocycles. The van der Waals surface area contributed by atoms with Crippen molar-refractivity contribution in [2.24, 2.45) is 13.0 Å². The zero-order chi connectivity index (χ0) is 28.2. The van der Waals surface area contributed by atoms with E-state index in [1.807, 2.05) is 80.2 Å². The number of carbonyl (C=O) groups excluding carboxylic acids is 1. The van der Waals surface area contributed by atoms with Crippen LogP contribution in [0.25, 0.3) is 16.7 Å². The zero-order valence-electron chi connectivity index (χ0n) is 23.0. The summed E-state index contributed by atoms with van der Waals surface area (Å²) in [7, 11) is 1.85. The van der Waals surface area contributed by atoms with Crippen LogP contribution in [0.1, 0.15) is 42.8 Å². The number of H-pyrrole nitrogens is 1. The number of rotatable bonds is 10. The first-order valence-corrected chi connectivity index (χ1v) is 13.6. The van der Waals surface area contributed by atoms with Crippen LogP contribution in [0.5, 0.6) is 0 Å². The number of ether oxygens (including phenoxy) is 2. The van der Waals surface area contributed by atoms with Gasteiger partial charge in [-0.15, -0.1) is 0 Å². The summed E-state index contributed by atoms with van der Waals surface area (Å²) < 4.78 is 15.5. The van der Waals surface area contributed by atoms with Crippen LogP contribution in [0.2, 0.25) is 0 Å². The number of para-hydroxylation sites is 3. The Labute approximate surface area is 232 Å². The number of hydrogen-bond acceptors (Lipinski definition) is 6. The molecule has 0 aliphatic carbocycles. The lowest BCUT2D eigenvalue weighted by Gasteiger charge is -2.36. The van der Waals surface area contributed by atoms with Gasteiger partial charge in [0, 0.05) is 43.4 Å². The summed E-state index contributed by atoms with van der Waals surface area (Å²) in [5.41, 5.74) is 3.64. The number of benzene rings is 2. The molecule has 1 aliphatic rings. The zero-order valence-corrected chi connectivity index (χ0v) is 23.0. The molecular weight excluding hydrogens is 510 g/mol. The van der Waals surface area contributed by atoms with E-state index in [9.17, 15) is 14.7 Å². The molecule has 0 saturated heterocycles. The van der Waals surface area contributed by atoms with E-state index >= 15 is 0 Å². The van der Waals surface area contributed by atoms with Gasteiger partial charge in [-0.2, -0.15) is 0 Å². The van der Waals surface area contributed by atoms with Crippen molar-refractivity contribution in [1.29, 1.82) is 0 Å². The molecule has 0 bridgehead atoms. The maximum Gasteiger partial charge on any atom is 0.286 e. The minimum Gasteiger partial charge on any atom is -0.459 e. The number of amides is 1. The number of aromatic nitrogens is 4. The molecule has 3 N–H and O–H groups in total. The van der Waals surface area contributed by atoms with E-state index in [-0.39, 0.29) is 30.4 Å². The Morgan fingerprint density at radius 3 is 2.65 bits per heavy atom. The summed E-state index contributed by atoms with van der Waals surface area (Å²) in [5.74, 6) is -0.458. The summed E-state index contributed by atoms with van der Waals surface area (Å²) in [6.07, 6.45) is 2.02. The van der Waals surface area contributed by atoms with Crippen molar-refractivity contribution in [1.82, 2.24) is 24.6 Å². The molecule has 3 atom stereocenters. The fourth-order valence-corrected chi connectivity index (χ4v) is 5.41. The molecule has 0 radical (unpaired) electrons. The molecule has 1 amide bonds. The Morgan fingerprint density at radius 1 is 1.18 bits per heavy atom. The van der Waals surface area contributed by atoms with E-state index in [1.165, 1.54) is 0 Å². The number of aromatic amines is 1. The van der Waals surface area contributed by atoms with Gasteiger partial charge in [0.25, 0.3) is 11.5 Å². The van der Waals surface area contributed by atoms with Crippen molar-refractivity contribution < 1.29 is 19.4 Å². The topological polar surface area (TPSA) is 123 Å². The monoisotopic (exact) mass is 545 g/mol. The molecule has 3 unspecified atom stereocenters. The lowest BCUT2D eigenvalue weighted by Crippen LogP contribution is -2.40. The lowest BCUT2D eigenvalue weighted by atomic mass is 9.80. The third kappa shape index (κ3) is 5.32. The van der Waals surface area contributed by atoms with Gasteiger partial charge in [-0.3, -0.25) is 14.3 Å². The number of aliphatic hydroxyl groups is 1. The molecule has 210 valence electrons. The van der Waals surface area contributed by atoms with Gasteiger partial charge >= 0.3 is 0 Å². The molecule has 0 fully saturated rings. The van der Waals surface area contributed by atoms with Gasteiger partial charge in [-0.05, 0) is 57.0 Å². The molecule has 2 aromatic heterocycles. The molecule has 1 aliphatic heterocycles. The molecular formula is C30H35N5O5. The maximum absolute atomic E-state index is 13.9. The van der Waals surface area contributed by atoms with Crippen LogP contribution < -0.4 is 10.9 Å². The Hall–Kier alpha value is -4.15. The number of imidazole rings is 1. The van der Waals surface area contributed by atoms with Gasteiger partial charge in [0.1, 0.15) is 5.82 Å². The van der Waals surface area contributed by atoms with Crippen molar-refractivity contribution in [2.45, 2.75) is 45.4 Å². The van der Waals surface area contributed by atoms with Crippen LogP contribution in [-0.4, -0.2) is 49.8 Å². The predicted octanol–water partition coefficient (Wildman–Crippen LogP) is 3.43. The summed E-state index contributed by atoms with van der Waals surface area (Å²) in [5, 5.41) is 12.5. The number of nitrogens with one attached hydrogen (secondary N) is 2. The van der Waals surface area contributed by atoms with Crippen molar-refractivity contribution >= 4 is 16.9 Å². The highest BCUT2D eigenvalue weighted by atomic mass is 16.7. The van der Waals surface area contributed by atoms with Crippen molar-refractivity contribution in [3.63, 3.8) is 0 Å². The Balaban J connectivity index is 1.51. The highest BCUT2D eigenvalue weighted by Gasteiger charge is 2.40. The van der Waals surface area contributed by atoms with Crippen LogP contribution in [0.4, 0.5) is 0 Å². The average Bonchev–Trinajstić information content (AvgIpc) is 3.48. The van der Waals surface area contributed by atoms with Crippen LogP contribution in [0.15, 0.2) is 71.2 Å². The van der Waals surface area contributed by atoms with Crippen LogP contribution in [0.3, 0.4) is 0 Å². The van der Waals surface area contributed by atoms with Gasteiger partial charge in [-0.1, -0.05) is 30.3 Å². The van der Waals surface area contributed by atoms with Gasteiger partial charge in [-0.25, -0.2) is 9.67 Å². The molecule has 10 nitrogen and oxygen atoms in total. The summed E-state index contributed by atoms with van der Waals surface area (Å²) in [6, 6.07) is 17.1.